The van der Waals surface area contributed by atoms with Gasteiger partial charge in [-0.05, 0) is 44.0 Å². The smallest absolute Gasteiger partial charge is 0.223 e. The van der Waals surface area contributed by atoms with Crippen molar-refractivity contribution in [2.24, 2.45) is 5.92 Å². The number of rotatable bonds is 6. The molecule has 1 saturated heterocycles. The van der Waals surface area contributed by atoms with Crippen molar-refractivity contribution in [3.63, 3.8) is 0 Å². The molecule has 0 atom stereocenters. The minimum absolute atomic E-state index is 0.175. The topological polar surface area (TPSA) is 50.4 Å². The van der Waals surface area contributed by atoms with Gasteiger partial charge in [-0.15, -0.1) is 0 Å². The van der Waals surface area contributed by atoms with Crippen LogP contribution in [0, 0.1) is 5.92 Å². The van der Waals surface area contributed by atoms with Crippen molar-refractivity contribution in [3.8, 4) is 0 Å². The van der Waals surface area contributed by atoms with Gasteiger partial charge in [0.1, 0.15) is 0 Å². The number of benzene rings is 1. The van der Waals surface area contributed by atoms with Crippen LogP contribution in [0.25, 0.3) is 0 Å². The van der Waals surface area contributed by atoms with E-state index in [-0.39, 0.29) is 11.8 Å². The van der Waals surface area contributed by atoms with Gasteiger partial charge in [0.25, 0.3) is 0 Å². The molecule has 1 aromatic carbocycles. The van der Waals surface area contributed by atoms with Gasteiger partial charge in [0.2, 0.25) is 5.91 Å². The zero-order chi connectivity index (χ0) is 14.2. The van der Waals surface area contributed by atoms with Crippen LogP contribution >= 0.6 is 0 Å². The third-order valence-corrected chi connectivity index (χ3v) is 3.67. The molecule has 4 heteroatoms. The fourth-order valence-electron chi connectivity index (χ4n) is 2.39. The fourth-order valence-corrected chi connectivity index (χ4v) is 2.39. The minimum Gasteiger partial charge on any atom is -0.377 e. The number of amides is 1. The minimum atomic E-state index is 0.175. The van der Waals surface area contributed by atoms with Crippen LogP contribution in [-0.4, -0.2) is 25.6 Å². The Balaban J connectivity index is 1.76. The molecule has 2 rings (SSSR count). The number of carbonyl (C=O) groups excluding carboxylic acids is 1. The molecule has 0 aliphatic carbocycles. The van der Waals surface area contributed by atoms with E-state index in [0.717, 1.165) is 38.1 Å². The van der Waals surface area contributed by atoms with Gasteiger partial charge < -0.3 is 15.4 Å². The first-order chi connectivity index (χ1) is 9.79. The SMILES string of the molecule is CCOCc1ccc(CNC(=O)C2CCNCC2)cc1. The molecule has 2 N–H and O–H groups in total. The molecule has 4 nitrogen and oxygen atoms in total. The second-order valence-electron chi connectivity index (χ2n) is 5.20. The average molecular weight is 276 g/mol. The first-order valence-electron chi connectivity index (χ1n) is 7.43. The van der Waals surface area contributed by atoms with Crippen LogP contribution in [0.5, 0.6) is 0 Å². The molecule has 0 aromatic heterocycles. The van der Waals surface area contributed by atoms with Gasteiger partial charge in [-0.3, -0.25) is 4.79 Å². The second-order valence-corrected chi connectivity index (χ2v) is 5.20. The fraction of sp³-hybridized carbons (Fsp3) is 0.562. The number of hydrogen-bond acceptors (Lipinski definition) is 3. The van der Waals surface area contributed by atoms with Crippen molar-refractivity contribution in [1.82, 2.24) is 10.6 Å². The van der Waals surface area contributed by atoms with Crippen LogP contribution in [0.2, 0.25) is 0 Å². The quantitative estimate of drug-likeness (QED) is 0.833. The standard InChI is InChI=1S/C16H24N2O2/c1-2-20-12-14-5-3-13(4-6-14)11-18-16(19)15-7-9-17-10-8-15/h3-6,15,17H,2,7-12H2,1H3,(H,18,19). The molecule has 1 fully saturated rings. The van der Waals surface area contributed by atoms with Gasteiger partial charge in [0.05, 0.1) is 6.61 Å². The number of hydrogen-bond donors (Lipinski definition) is 2. The molecular weight excluding hydrogens is 252 g/mol. The third kappa shape index (κ3) is 4.62. The highest BCUT2D eigenvalue weighted by Gasteiger charge is 2.20. The summed E-state index contributed by atoms with van der Waals surface area (Å²) < 4.78 is 5.36. The maximum Gasteiger partial charge on any atom is 0.223 e. The van der Waals surface area contributed by atoms with E-state index in [9.17, 15) is 4.79 Å². The summed E-state index contributed by atoms with van der Waals surface area (Å²) in [5, 5.41) is 6.31. The van der Waals surface area contributed by atoms with Crippen LogP contribution in [0.3, 0.4) is 0 Å². The molecule has 1 amide bonds. The van der Waals surface area contributed by atoms with Gasteiger partial charge in [-0.1, -0.05) is 24.3 Å². The molecule has 1 aliphatic rings. The summed E-state index contributed by atoms with van der Waals surface area (Å²) >= 11 is 0. The summed E-state index contributed by atoms with van der Waals surface area (Å²) in [5.41, 5.74) is 2.30. The molecule has 1 aliphatic heterocycles. The van der Waals surface area contributed by atoms with Crippen LogP contribution in [-0.2, 0) is 22.7 Å². The lowest BCUT2D eigenvalue weighted by molar-refractivity contribution is -0.125. The summed E-state index contributed by atoms with van der Waals surface area (Å²) in [5.74, 6) is 0.360. The highest BCUT2D eigenvalue weighted by atomic mass is 16.5. The van der Waals surface area contributed by atoms with Crippen molar-refractivity contribution in [3.05, 3.63) is 35.4 Å². The van der Waals surface area contributed by atoms with E-state index in [2.05, 4.69) is 34.9 Å². The van der Waals surface area contributed by atoms with Gasteiger partial charge in [0, 0.05) is 19.1 Å². The van der Waals surface area contributed by atoms with E-state index in [1.165, 1.54) is 5.56 Å². The third-order valence-electron chi connectivity index (χ3n) is 3.67. The largest absolute Gasteiger partial charge is 0.377 e. The van der Waals surface area contributed by atoms with E-state index < -0.39 is 0 Å². The molecule has 0 saturated carbocycles. The molecular formula is C16H24N2O2. The molecule has 110 valence electrons. The molecule has 0 radical (unpaired) electrons. The average Bonchev–Trinajstić information content (AvgIpc) is 2.52. The molecule has 0 bridgehead atoms. The first-order valence-corrected chi connectivity index (χ1v) is 7.43. The summed E-state index contributed by atoms with van der Waals surface area (Å²) in [6.07, 6.45) is 1.89. The molecule has 1 aromatic rings. The van der Waals surface area contributed by atoms with Crippen molar-refractivity contribution in [1.29, 1.82) is 0 Å². The normalized spacial score (nSPS) is 16.1. The Kier molecular flexibility index (Phi) is 6.02. The van der Waals surface area contributed by atoms with Crippen LogP contribution in [0.4, 0.5) is 0 Å². The lowest BCUT2D eigenvalue weighted by Gasteiger charge is -2.21. The van der Waals surface area contributed by atoms with Gasteiger partial charge >= 0.3 is 0 Å². The molecule has 0 spiro atoms. The number of ether oxygens (including phenoxy) is 1. The monoisotopic (exact) mass is 276 g/mol. The van der Waals surface area contributed by atoms with Gasteiger partial charge in [0.15, 0.2) is 0 Å². The van der Waals surface area contributed by atoms with Crippen LogP contribution < -0.4 is 10.6 Å². The second kappa shape index (κ2) is 8.02. The highest BCUT2D eigenvalue weighted by molar-refractivity contribution is 5.78. The Morgan fingerprint density at radius 1 is 1.25 bits per heavy atom. The maximum absolute atomic E-state index is 12.0. The summed E-state index contributed by atoms with van der Waals surface area (Å²) in [4.78, 5) is 12.0. The van der Waals surface area contributed by atoms with Crippen molar-refractivity contribution in [2.75, 3.05) is 19.7 Å². The Morgan fingerprint density at radius 2 is 1.90 bits per heavy atom. The first kappa shape index (κ1) is 15.0. The summed E-state index contributed by atoms with van der Waals surface area (Å²) in [7, 11) is 0. The lowest BCUT2D eigenvalue weighted by Crippen LogP contribution is -2.37. The predicted molar refractivity (Wildman–Crippen MR) is 79.2 cm³/mol. The Bertz CT molecular complexity index is 411. The van der Waals surface area contributed by atoms with Crippen LogP contribution in [0.15, 0.2) is 24.3 Å². The Hall–Kier alpha value is -1.39. The summed E-state index contributed by atoms with van der Waals surface area (Å²) in [6, 6.07) is 8.22. The van der Waals surface area contributed by atoms with E-state index in [0.29, 0.717) is 13.2 Å². The highest BCUT2D eigenvalue weighted by Crippen LogP contribution is 2.12. The predicted octanol–water partition coefficient (Wildman–Crippen LogP) is 1.84. The van der Waals surface area contributed by atoms with E-state index >= 15 is 0 Å². The Labute approximate surface area is 120 Å². The van der Waals surface area contributed by atoms with Gasteiger partial charge in [-0.25, -0.2) is 0 Å². The van der Waals surface area contributed by atoms with Crippen LogP contribution in [0.1, 0.15) is 30.9 Å². The van der Waals surface area contributed by atoms with E-state index in [1.54, 1.807) is 0 Å². The lowest BCUT2D eigenvalue weighted by atomic mass is 9.97. The zero-order valence-electron chi connectivity index (χ0n) is 12.2. The van der Waals surface area contributed by atoms with E-state index in [4.69, 9.17) is 4.74 Å². The van der Waals surface area contributed by atoms with Crippen molar-refractivity contribution < 1.29 is 9.53 Å². The number of carbonyl (C=O) groups is 1. The molecule has 1 heterocycles. The number of nitrogens with one attached hydrogen (secondary N) is 2. The van der Waals surface area contributed by atoms with Crippen molar-refractivity contribution >= 4 is 5.91 Å². The summed E-state index contributed by atoms with van der Waals surface area (Å²) in [6.45, 7) is 5.88. The maximum atomic E-state index is 12.0. The van der Waals surface area contributed by atoms with Crippen molar-refractivity contribution in [2.45, 2.75) is 32.9 Å². The number of piperidine rings is 1. The van der Waals surface area contributed by atoms with Gasteiger partial charge in [-0.2, -0.15) is 0 Å². The molecule has 20 heavy (non-hydrogen) atoms. The van der Waals surface area contributed by atoms with E-state index in [1.807, 2.05) is 6.92 Å². The zero-order valence-corrected chi connectivity index (χ0v) is 12.2. The Morgan fingerprint density at radius 3 is 2.55 bits per heavy atom. The molecule has 0 unspecified atom stereocenters.